The molecule has 1 aliphatic rings. The Labute approximate surface area is 137 Å². The number of carboxylic acids is 2. The van der Waals surface area contributed by atoms with E-state index in [0.717, 1.165) is 5.56 Å². The highest BCUT2D eigenvalue weighted by atomic mass is 32.1. The van der Waals surface area contributed by atoms with E-state index in [1.54, 1.807) is 10.8 Å². The molecule has 0 radical (unpaired) electrons. The summed E-state index contributed by atoms with van der Waals surface area (Å²) in [6.45, 7) is 0. The smallest absolute Gasteiger partial charge is 0.346 e. The highest BCUT2D eigenvalue weighted by molar-refractivity contribution is 7.08. The van der Waals surface area contributed by atoms with Gasteiger partial charge in [0.1, 0.15) is 0 Å². The predicted molar refractivity (Wildman–Crippen MR) is 81.1 cm³/mol. The van der Waals surface area contributed by atoms with Crippen LogP contribution in [0.25, 0.3) is 0 Å². The van der Waals surface area contributed by atoms with Crippen LogP contribution in [0.5, 0.6) is 0 Å². The standard InChI is InChI=1S/C7H6O4S.C7H4O3S/c8-6(9)1-4-2-12-3-5(4)7(10)11;8-6-1-4-2-11-3-5(4)7(9)10-6/h2-3H,1H2,(H,8,9)(H,10,11);2-3H,1H2. The molecule has 2 N–H and O–H groups in total. The molecule has 9 heteroatoms. The zero-order valence-electron chi connectivity index (χ0n) is 11.5. The van der Waals surface area contributed by atoms with Crippen LogP contribution in [0.4, 0.5) is 0 Å². The lowest BCUT2D eigenvalue weighted by Gasteiger charge is -2.08. The van der Waals surface area contributed by atoms with Gasteiger partial charge in [0, 0.05) is 10.8 Å². The molecular formula is C14H10O7S2. The Hall–Kier alpha value is -2.52. The Morgan fingerprint density at radius 1 is 1.09 bits per heavy atom. The van der Waals surface area contributed by atoms with Gasteiger partial charge in [0.25, 0.3) is 0 Å². The van der Waals surface area contributed by atoms with Crippen LogP contribution in [0.3, 0.4) is 0 Å². The monoisotopic (exact) mass is 354 g/mol. The molecule has 0 amide bonds. The van der Waals surface area contributed by atoms with E-state index >= 15 is 0 Å². The Morgan fingerprint density at radius 3 is 2.43 bits per heavy atom. The van der Waals surface area contributed by atoms with Crippen LogP contribution in [0, 0.1) is 0 Å². The molecule has 0 aromatic carbocycles. The fraction of sp³-hybridized carbons (Fsp3) is 0.143. The molecule has 0 bridgehead atoms. The van der Waals surface area contributed by atoms with Gasteiger partial charge in [0.05, 0.1) is 24.0 Å². The first-order chi connectivity index (χ1) is 10.9. The number of thiophene rings is 2. The highest BCUT2D eigenvalue weighted by Crippen LogP contribution is 2.21. The third-order valence-electron chi connectivity index (χ3n) is 2.82. The van der Waals surface area contributed by atoms with Crippen molar-refractivity contribution >= 4 is 46.6 Å². The second-order valence-electron chi connectivity index (χ2n) is 4.44. The van der Waals surface area contributed by atoms with Gasteiger partial charge in [-0.25, -0.2) is 9.59 Å². The largest absolute Gasteiger partial charge is 0.481 e. The molecule has 1 aliphatic heterocycles. The average molecular weight is 354 g/mol. The quantitative estimate of drug-likeness (QED) is 0.640. The number of esters is 2. The lowest BCUT2D eigenvalue weighted by atomic mass is 10.1. The number of fused-ring (bicyclic) bond motifs is 1. The molecule has 120 valence electrons. The zero-order chi connectivity index (χ0) is 17.0. The molecule has 0 unspecified atom stereocenters. The van der Waals surface area contributed by atoms with E-state index in [2.05, 4.69) is 4.74 Å². The zero-order valence-corrected chi connectivity index (χ0v) is 13.1. The summed E-state index contributed by atoms with van der Waals surface area (Å²) < 4.78 is 4.40. The Kier molecular flexibility index (Phi) is 5.24. The molecule has 3 heterocycles. The first kappa shape index (κ1) is 16.8. The maximum Gasteiger partial charge on any atom is 0.346 e. The van der Waals surface area contributed by atoms with Crippen LogP contribution in [-0.2, 0) is 27.2 Å². The third-order valence-corrected chi connectivity index (χ3v) is 4.40. The van der Waals surface area contributed by atoms with Crippen LogP contribution in [0.1, 0.15) is 31.8 Å². The van der Waals surface area contributed by atoms with Gasteiger partial charge in [-0.2, -0.15) is 22.7 Å². The van der Waals surface area contributed by atoms with Gasteiger partial charge in [0.15, 0.2) is 0 Å². The fourth-order valence-corrected chi connectivity index (χ4v) is 3.46. The van der Waals surface area contributed by atoms with Crippen LogP contribution in [0.15, 0.2) is 21.5 Å². The molecule has 0 aliphatic carbocycles. The van der Waals surface area contributed by atoms with Crippen molar-refractivity contribution in [1.29, 1.82) is 0 Å². The summed E-state index contributed by atoms with van der Waals surface area (Å²) in [7, 11) is 0. The molecule has 2 aromatic rings. The molecule has 2 aromatic heterocycles. The number of rotatable bonds is 3. The van der Waals surface area contributed by atoms with Crippen LogP contribution < -0.4 is 0 Å². The summed E-state index contributed by atoms with van der Waals surface area (Å²) in [5.74, 6) is -3.07. The number of aromatic carboxylic acids is 1. The number of aliphatic carboxylic acids is 1. The molecule has 23 heavy (non-hydrogen) atoms. The topological polar surface area (TPSA) is 118 Å². The van der Waals surface area contributed by atoms with E-state index < -0.39 is 23.9 Å². The van der Waals surface area contributed by atoms with E-state index in [-0.39, 0.29) is 18.4 Å². The minimum absolute atomic E-state index is 0.0856. The summed E-state index contributed by atoms with van der Waals surface area (Å²) in [4.78, 5) is 42.3. The average Bonchev–Trinajstić information content (AvgIpc) is 3.07. The number of carboxylic acid groups (broad SMARTS) is 2. The maximum absolute atomic E-state index is 10.9. The molecule has 0 atom stereocenters. The van der Waals surface area contributed by atoms with Crippen molar-refractivity contribution in [1.82, 2.24) is 0 Å². The van der Waals surface area contributed by atoms with E-state index in [4.69, 9.17) is 10.2 Å². The summed E-state index contributed by atoms with van der Waals surface area (Å²) in [5, 5.41) is 23.5. The normalized spacial score (nSPS) is 12.7. The lowest BCUT2D eigenvalue weighted by Crippen LogP contribution is -2.21. The predicted octanol–water partition coefficient (Wildman–Crippen LogP) is 2.06. The highest BCUT2D eigenvalue weighted by Gasteiger charge is 2.24. The first-order valence-electron chi connectivity index (χ1n) is 6.18. The van der Waals surface area contributed by atoms with Crippen molar-refractivity contribution in [2.45, 2.75) is 12.8 Å². The molecule has 3 rings (SSSR count). The second-order valence-corrected chi connectivity index (χ2v) is 5.92. The number of carbonyl (C=O) groups excluding carboxylic acids is 2. The fourth-order valence-electron chi connectivity index (χ4n) is 1.80. The van der Waals surface area contributed by atoms with Crippen molar-refractivity contribution in [3.05, 3.63) is 43.8 Å². The number of hydrogen-bond donors (Lipinski definition) is 2. The summed E-state index contributed by atoms with van der Waals surface area (Å²) >= 11 is 2.60. The molecule has 0 saturated carbocycles. The van der Waals surface area contributed by atoms with Gasteiger partial charge in [-0.3, -0.25) is 9.59 Å². The van der Waals surface area contributed by atoms with Crippen molar-refractivity contribution in [3.8, 4) is 0 Å². The van der Waals surface area contributed by atoms with Crippen molar-refractivity contribution < 1.29 is 34.1 Å². The minimum atomic E-state index is -1.08. The molecule has 7 nitrogen and oxygen atoms in total. The number of hydrogen-bond acceptors (Lipinski definition) is 7. The third kappa shape index (κ3) is 4.24. The maximum atomic E-state index is 10.9. The van der Waals surface area contributed by atoms with Crippen LogP contribution in [0.2, 0.25) is 0 Å². The Bertz CT molecular complexity index is 772. The Morgan fingerprint density at radius 2 is 1.78 bits per heavy atom. The lowest BCUT2D eigenvalue weighted by molar-refractivity contribution is -0.138. The summed E-state index contributed by atoms with van der Waals surface area (Å²) in [6.07, 6.45) is -0.00426. The first-order valence-corrected chi connectivity index (χ1v) is 8.07. The molecule has 0 saturated heterocycles. The number of cyclic esters (lactones) is 2. The molecule has 0 spiro atoms. The number of carbonyl (C=O) groups is 4. The van der Waals surface area contributed by atoms with Crippen molar-refractivity contribution in [3.63, 3.8) is 0 Å². The summed E-state index contributed by atoms with van der Waals surface area (Å²) in [6, 6.07) is 0. The Balaban J connectivity index is 0.000000167. The van der Waals surface area contributed by atoms with Gasteiger partial charge < -0.3 is 14.9 Å². The van der Waals surface area contributed by atoms with Crippen LogP contribution >= 0.6 is 22.7 Å². The van der Waals surface area contributed by atoms with Gasteiger partial charge in [0.2, 0.25) is 0 Å². The molecular weight excluding hydrogens is 344 g/mol. The second kappa shape index (κ2) is 7.16. The minimum Gasteiger partial charge on any atom is -0.481 e. The van der Waals surface area contributed by atoms with E-state index in [0.29, 0.717) is 11.1 Å². The number of ether oxygens (including phenoxy) is 1. The van der Waals surface area contributed by atoms with Crippen molar-refractivity contribution in [2.24, 2.45) is 0 Å². The van der Waals surface area contributed by atoms with E-state index in [1.807, 2.05) is 0 Å². The molecule has 0 fully saturated rings. The SMILES string of the molecule is O=C(O)Cc1cscc1C(=O)O.O=C1Cc2cscc2C(=O)O1. The van der Waals surface area contributed by atoms with Gasteiger partial charge in [-0.05, 0) is 21.9 Å². The van der Waals surface area contributed by atoms with Gasteiger partial charge in [-0.1, -0.05) is 0 Å². The van der Waals surface area contributed by atoms with Gasteiger partial charge in [-0.15, -0.1) is 0 Å². The van der Waals surface area contributed by atoms with E-state index in [1.165, 1.54) is 33.4 Å². The van der Waals surface area contributed by atoms with Gasteiger partial charge >= 0.3 is 23.9 Å². The van der Waals surface area contributed by atoms with E-state index in [9.17, 15) is 19.2 Å². The summed E-state index contributed by atoms with van der Waals surface area (Å²) in [5.41, 5.74) is 1.77. The van der Waals surface area contributed by atoms with Crippen LogP contribution in [-0.4, -0.2) is 34.1 Å². The van der Waals surface area contributed by atoms with Crippen molar-refractivity contribution in [2.75, 3.05) is 0 Å².